The van der Waals surface area contributed by atoms with E-state index in [0.29, 0.717) is 29.2 Å². The van der Waals surface area contributed by atoms with Crippen molar-refractivity contribution in [3.05, 3.63) is 101 Å². The monoisotopic (exact) mass is 515 g/mol. The molecule has 7 nitrogen and oxygen atoms in total. The zero-order valence-corrected chi connectivity index (χ0v) is 21.9. The number of rotatable bonds is 9. The van der Waals surface area contributed by atoms with Gasteiger partial charge in [-0.15, -0.1) is 0 Å². The Hall–Kier alpha value is -4.39. The van der Waals surface area contributed by atoms with Gasteiger partial charge in [-0.05, 0) is 73.2 Å². The molecule has 198 valence electrons. The second-order valence-corrected chi connectivity index (χ2v) is 9.04. The second kappa shape index (κ2) is 13.2. The van der Waals surface area contributed by atoms with Crippen molar-refractivity contribution in [2.24, 2.45) is 0 Å². The van der Waals surface area contributed by atoms with Crippen LogP contribution in [0.1, 0.15) is 59.8 Å². The Bertz CT molecular complexity index is 1390. The zero-order chi connectivity index (χ0) is 27.7. The van der Waals surface area contributed by atoms with Crippen LogP contribution < -0.4 is 4.74 Å². The molecular formula is C31H33NO6. The van der Waals surface area contributed by atoms with E-state index in [1.165, 1.54) is 5.56 Å². The molecule has 0 radical (unpaired) electrons. The summed E-state index contributed by atoms with van der Waals surface area (Å²) in [6.07, 6.45) is 1.90. The topological polar surface area (TPSA) is 106 Å². The molecule has 7 heteroatoms. The molecular weight excluding hydrogens is 482 g/mol. The fourth-order valence-electron chi connectivity index (χ4n) is 4.48. The standard InChI is InChI=1S/C29H29NO4.C2H4O2/c1-3-21(22-8-5-4-6-9-22)16-17-34-25-14-12-23(13-15-25)29(33)30-20(2)18-26-24(19-28(31)32)10-7-11-27(26)30;1-2(3)4/h4-15,18,21H,3,16-17,19H2,1-2H3,(H,31,32);1H3,(H,3,4). The summed E-state index contributed by atoms with van der Waals surface area (Å²) in [4.78, 5) is 33.5. The number of hydrogen-bond acceptors (Lipinski definition) is 4. The fraction of sp³-hybridized carbons (Fsp3) is 0.258. The van der Waals surface area contributed by atoms with Gasteiger partial charge >= 0.3 is 5.97 Å². The minimum absolute atomic E-state index is 0.0792. The van der Waals surface area contributed by atoms with Gasteiger partial charge in [0.1, 0.15) is 5.75 Å². The average molecular weight is 516 g/mol. The first-order valence-electron chi connectivity index (χ1n) is 12.5. The van der Waals surface area contributed by atoms with Crippen molar-refractivity contribution in [1.82, 2.24) is 4.57 Å². The average Bonchev–Trinajstić information content (AvgIpc) is 3.23. The maximum Gasteiger partial charge on any atom is 0.307 e. The van der Waals surface area contributed by atoms with Crippen LogP contribution in [0.3, 0.4) is 0 Å². The molecule has 0 saturated carbocycles. The third kappa shape index (κ3) is 7.32. The van der Waals surface area contributed by atoms with Crippen molar-refractivity contribution >= 4 is 28.7 Å². The van der Waals surface area contributed by atoms with Crippen molar-refractivity contribution in [1.29, 1.82) is 0 Å². The number of benzene rings is 3. The molecule has 0 saturated heterocycles. The van der Waals surface area contributed by atoms with Gasteiger partial charge in [-0.2, -0.15) is 0 Å². The molecule has 0 spiro atoms. The number of aryl methyl sites for hydroxylation is 1. The molecule has 0 aliphatic rings. The summed E-state index contributed by atoms with van der Waals surface area (Å²) in [5, 5.41) is 17.4. The van der Waals surface area contributed by atoms with Crippen molar-refractivity contribution in [3.63, 3.8) is 0 Å². The first-order chi connectivity index (χ1) is 18.2. The third-order valence-electron chi connectivity index (χ3n) is 6.27. The highest BCUT2D eigenvalue weighted by Gasteiger charge is 2.17. The molecule has 1 unspecified atom stereocenters. The van der Waals surface area contributed by atoms with E-state index in [1.54, 1.807) is 28.8 Å². The SMILES string of the molecule is CC(=O)O.CCC(CCOc1ccc(C(=O)n2c(C)cc3c(CC(=O)O)cccc32)cc1)c1ccccc1. The largest absolute Gasteiger partial charge is 0.494 e. The van der Waals surface area contributed by atoms with E-state index >= 15 is 0 Å². The van der Waals surface area contributed by atoms with E-state index in [2.05, 4.69) is 31.2 Å². The molecule has 4 aromatic rings. The number of nitrogens with zero attached hydrogens (tertiary/aromatic N) is 1. The fourth-order valence-corrected chi connectivity index (χ4v) is 4.48. The lowest BCUT2D eigenvalue weighted by molar-refractivity contribution is -0.136. The van der Waals surface area contributed by atoms with Gasteiger partial charge < -0.3 is 14.9 Å². The highest BCUT2D eigenvalue weighted by atomic mass is 16.5. The highest BCUT2D eigenvalue weighted by Crippen LogP contribution is 2.26. The van der Waals surface area contributed by atoms with E-state index in [0.717, 1.165) is 36.6 Å². The maximum absolute atomic E-state index is 13.3. The van der Waals surface area contributed by atoms with Crippen LogP contribution in [0.25, 0.3) is 10.9 Å². The molecule has 4 rings (SSSR count). The summed E-state index contributed by atoms with van der Waals surface area (Å²) >= 11 is 0. The second-order valence-electron chi connectivity index (χ2n) is 9.04. The smallest absolute Gasteiger partial charge is 0.307 e. The van der Waals surface area contributed by atoms with Crippen LogP contribution in [-0.4, -0.2) is 39.2 Å². The number of aromatic nitrogens is 1. The molecule has 0 bridgehead atoms. The van der Waals surface area contributed by atoms with Gasteiger partial charge in [-0.1, -0.05) is 49.4 Å². The molecule has 0 fully saturated rings. The first kappa shape index (κ1) is 28.2. The molecule has 0 amide bonds. The normalized spacial score (nSPS) is 11.3. The minimum Gasteiger partial charge on any atom is -0.494 e. The molecule has 3 aromatic carbocycles. The molecule has 1 aromatic heterocycles. The van der Waals surface area contributed by atoms with Crippen LogP contribution in [0.2, 0.25) is 0 Å². The molecule has 1 atom stereocenters. The summed E-state index contributed by atoms with van der Waals surface area (Å²) in [7, 11) is 0. The summed E-state index contributed by atoms with van der Waals surface area (Å²) < 4.78 is 7.60. The Balaban J connectivity index is 0.000000934. The van der Waals surface area contributed by atoms with Crippen LogP contribution in [-0.2, 0) is 16.0 Å². The van der Waals surface area contributed by atoms with Gasteiger partial charge in [0.05, 0.1) is 18.5 Å². The molecule has 1 heterocycles. The lowest BCUT2D eigenvalue weighted by atomic mass is 9.94. The number of carboxylic acid groups (broad SMARTS) is 2. The van der Waals surface area contributed by atoms with E-state index in [4.69, 9.17) is 14.6 Å². The Morgan fingerprint density at radius 1 is 0.921 bits per heavy atom. The first-order valence-corrected chi connectivity index (χ1v) is 12.5. The molecule has 0 aliphatic heterocycles. The summed E-state index contributed by atoms with van der Waals surface area (Å²) in [5.41, 5.74) is 4.06. The molecule has 2 N–H and O–H groups in total. The Morgan fingerprint density at radius 2 is 1.58 bits per heavy atom. The van der Waals surface area contributed by atoms with Gasteiger partial charge in [0.2, 0.25) is 0 Å². The van der Waals surface area contributed by atoms with Crippen molar-refractivity contribution < 1.29 is 29.3 Å². The lowest BCUT2D eigenvalue weighted by Gasteiger charge is -2.16. The lowest BCUT2D eigenvalue weighted by Crippen LogP contribution is -2.13. The predicted molar refractivity (Wildman–Crippen MR) is 147 cm³/mol. The van der Waals surface area contributed by atoms with Crippen LogP contribution in [0, 0.1) is 6.92 Å². The Kier molecular flexibility index (Phi) is 9.82. The number of hydrogen-bond donors (Lipinski definition) is 2. The van der Waals surface area contributed by atoms with E-state index in [9.17, 15) is 14.7 Å². The number of carboxylic acids is 2. The van der Waals surface area contributed by atoms with Crippen molar-refractivity contribution in [2.45, 2.75) is 46.0 Å². The maximum atomic E-state index is 13.3. The number of carbonyl (C=O) groups is 3. The van der Waals surface area contributed by atoms with Gasteiger partial charge in [-0.25, -0.2) is 0 Å². The van der Waals surface area contributed by atoms with Gasteiger partial charge in [0, 0.05) is 23.6 Å². The van der Waals surface area contributed by atoms with Crippen LogP contribution in [0.15, 0.2) is 78.9 Å². The number of ether oxygens (including phenoxy) is 1. The number of fused-ring (bicyclic) bond motifs is 1. The third-order valence-corrected chi connectivity index (χ3v) is 6.27. The van der Waals surface area contributed by atoms with Crippen LogP contribution in [0.5, 0.6) is 5.75 Å². The van der Waals surface area contributed by atoms with Gasteiger partial charge in [-0.3, -0.25) is 19.0 Å². The Labute approximate surface area is 222 Å². The van der Waals surface area contributed by atoms with Gasteiger partial charge in [0.25, 0.3) is 11.9 Å². The summed E-state index contributed by atoms with van der Waals surface area (Å²) in [5.74, 6) is -0.689. The van der Waals surface area contributed by atoms with E-state index in [1.807, 2.05) is 37.3 Å². The number of carbonyl (C=O) groups excluding carboxylic acids is 1. The quantitative estimate of drug-likeness (QED) is 0.270. The van der Waals surface area contributed by atoms with E-state index < -0.39 is 11.9 Å². The van der Waals surface area contributed by atoms with Crippen molar-refractivity contribution in [3.8, 4) is 5.75 Å². The van der Waals surface area contributed by atoms with E-state index in [-0.39, 0.29) is 12.3 Å². The summed E-state index contributed by atoms with van der Waals surface area (Å²) in [6.45, 7) is 5.74. The Morgan fingerprint density at radius 3 is 2.18 bits per heavy atom. The number of aliphatic carboxylic acids is 2. The molecule has 0 aliphatic carbocycles. The predicted octanol–water partition coefficient (Wildman–Crippen LogP) is 6.32. The zero-order valence-electron chi connectivity index (χ0n) is 21.9. The van der Waals surface area contributed by atoms with Crippen LogP contribution in [0.4, 0.5) is 0 Å². The van der Waals surface area contributed by atoms with Crippen LogP contribution >= 0.6 is 0 Å². The van der Waals surface area contributed by atoms with Crippen molar-refractivity contribution in [2.75, 3.05) is 6.61 Å². The highest BCUT2D eigenvalue weighted by molar-refractivity contribution is 6.04. The molecule has 38 heavy (non-hydrogen) atoms. The summed E-state index contributed by atoms with van der Waals surface area (Å²) in [6, 6.07) is 25.0. The minimum atomic E-state index is -0.895. The van der Waals surface area contributed by atoms with Gasteiger partial charge in [0.15, 0.2) is 0 Å².